The van der Waals surface area contributed by atoms with Crippen LogP contribution in [0.3, 0.4) is 0 Å². The number of rotatable bonds is 1. The molecule has 5 fully saturated rings. The van der Waals surface area contributed by atoms with Gasteiger partial charge in [0.05, 0.1) is 18.3 Å². The van der Waals surface area contributed by atoms with E-state index in [-0.39, 0.29) is 51.1 Å². The monoisotopic (exact) mass is 476 g/mol. The van der Waals surface area contributed by atoms with Gasteiger partial charge in [0.15, 0.2) is 0 Å². The molecule has 196 valence electrons. The van der Waals surface area contributed by atoms with E-state index in [0.717, 1.165) is 44.9 Å². The van der Waals surface area contributed by atoms with Crippen molar-refractivity contribution in [3.63, 3.8) is 0 Å². The van der Waals surface area contributed by atoms with Crippen LogP contribution in [0.2, 0.25) is 0 Å². The van der Waals surface area contributed by atoms with E-state index in [1.54, 1.807) is 0 Å². The van der Waals surface area contributed by atoms with E-state index in [4.69, 9.17) is 0 Å². The quantitative estimate of drug-likeness (QED) is 0.421. The summed E-state index contributed by atoms with van der Waals surface area (Å²) in [4.78, 5) is 0. The summed E-state index contributed by atoms with van der Waals surface area (Å²) < 4.78 is 0. The molecule has 0 heterocycles. The van der Waals surface area contributed by atoms with Gasteiger partial charge in [0.1, 0.15) is 0 Å². The standard InChI is InChI=1S/C30H52O4/c1-25(2)10-12-30(17-31)13-11-29(7)23(18(30)15-25)19(32)14-22-27(5)16-20(33)24(34)26(3,4)21(27)8-9-28(22,29)6/h18-24,31-34H,8-17H2,1-7H3/t18?,19-,20+,21?,22?,23?,24-,27-,28+,29+,30+/m0/s1. The van der Waals surface area contributed by atoms with Crippen molar-refractivity contribution in [2.75, 3.05) is 6.61 Å². The second-order valence-electron chi connectivity index (χ2n) is 15.8. The Bertz CT molecular complexity index is 823. The molecule has 5 rings (SSSR count). The van der Waals surface area contributed by atoms with E-state index in [1.807, 2.05) is 0 Å². The third-order valence-electron chi connectivity index (χ3n) is 13.7. The van der Waals surface area contributed by atoms with E-state index < -0.39 is 12.2 Å². The number of hydrogen-bond donors (Lipinski definition) is 4. The van der Waals surface area contributed by atoms with Gasteiger partial charge in [0, 0.05) is 6.61 Å². The highest BCUT2D eigenvalue weighted by Crippen LogP contribution is 2.76. The van der Waals surface area contributed by atoms with Gasteiger partial charge in [0.2, 0.25) is 0 Å². The van der Waals surface area contributed by atoms with Crippen molar-refractivity contribution in [2.24, 2.45) is 56.2 Å². The highest BCUT2D eigenvalue weighted by atomic mass is 16.3. The van der Waals surface area contributed by atoms with Crippen molar-refractivity contribution in [3.05, 3.63) is 0 Å². The smallest absolute Gasteiger partial charge is 0.0852 e. The number of fused-ring (bicyclic) bond motifs is 7. The molecular weight excluding hydrogens is 424 g/mol. The van der Waals surface area contributed by atoms with E-state index in [1.165, 1.54) is 6.42 Å². The lowest BCUT2D eigenvalue weighted by atomic mass is 9.31. The molecule has 0 aromatic rings. The molecule has 0 amide bonds. The fourth-order valence-corrected chi connectivity index (χ4v) is 11.5. The molecule has 0 aromatic carbocycles. The van der Waals surface area contributed by atoms with Gasteiger partial charge in [-0.15, -0.1) is 0 Å². The predicted octanol–water partition coefficient (Wildman–Crippen LogP) is 5.16. The molecule has 0 radical (unpaired) electrons. The van der Waals surface area contributed by atoms with Crippen molar-refractivity contribution >= 4 is 0 Å². The van der Waals surface area contributed by atoms with Gasteiger partial charge >= 0.3 is 0 Å². The maximum Gasteiger partial charge on any atom is 0.0852 e. The third kappa shape index (κ3) is 3.04. The van der Waals surface area contributed by atoms with Crippen molar-refractivity contribution < 1.29 is 20.4 Å². The number of aliphatic hydroxyl groups is 4. The van der Waals surface area contributed by atoms with Crippen LogP contribution in [0.15, 0.2) is 0 Å². The van der Waals surface area contributed by atoms with Gasteiger partial charge in [0.25, 0.3) is 0 Å². The molecule has 34 heavy (non-hydrogen) atoms. The fourth-order valence-electron chi connectivity index (χ4n) is 11.5. The third-order valence-corrected chi connectivity index (χ3v) is 13.7. The maximum atomic E-state index is 12.0. The summed E-state index contributed by atoms with van der Waals surface area (Å²) in [6, 6.07) is 0. The zero-order valence-corrected chi connectivity index (χ0v) is 22.9. The average Bonchev–Trinajstić information content (AvgIpc) is 2.73. The molecule has 0 saturated heterocycles. The first-order valence-corrected chi connectivity index (χ1v) is 14.2. The van der Waals surface area contributed by atoms with Crippen LogP contribution in [0, 0.1) is 56.2 Å². The molecule has 5 aliphatic carbocycles. The normalized spacial score (nSPS) is 58.1. The minimum absolute atomic E-state index is 0.0191. The summed E-state index contributed by atoms with van der Waals surface area (Å²) in [7, 11) is 0. The number of hydrogen-bond acceptors (Lipinski definition) is 4. The summed E-state index contributed by atoms with van der Waals surface area (Å²) in [5.74, 6) is 1.27. The van der Waals surface area contributed by atoms with Crippen LogP contribution in [-0.4, -0.2) is 45.3 Å². The van der Waals surface area contributed by atoms with E-state index in [9.17, 15) is 20.4 Å². The summed E-state index contributed by atoms with van der Waals surface area (Å²) in [6.07, 6.45) is 7.38. The minimum Gasteiger partial charge on any atom is -0.396 e. The lowest BCUT2D eigenvalue weighted by Gasteiger charge is -2.74. The molecule has 5 aliphatic rings. The topological polar surface area (TPSA) is 80.9 Å². The zero-order chi connectivity index (χ0) is 25.1. The summed E-state index contributed by atoms with van der Waals surface area (Å²) in [5, 5.41) is 44.6. The summed E-state index contributed by atoms with van der Waals surface area (Å²) in [5.41, 5.74) is -0.0902. The van der Waals surface area contributed by atoms with Crippen LogP contribution in [0.4, 0.5) is 0 Å². The van der Waals surface area contributed by atoms with Crippen LogP contribution in [0.1, 0.15) is 106 Å². The Kier molecular flexibility index (Phi) is 5.59. The van der Waals surface area contributed by atoms with Crippen LogP contribution in [0.25, 0.3) is 0 Å². The lowest BCUT2D eigenvalue weighted by Crippen LogP contribution is -2.71. The van der Waals surface area contributed by atoms with Gasteiger partial charge in [-0.3, -0.25) is 0 Å². The van der Waals surface area contributed by atoms with Crippen LogP contribution >= 0.6 is 0 Å². The summed E-state index contributed by atoms with van der Waals surface area (Å²) in [6.45, 7) is 16.7. The Balaban J connectivity index is 1.58. The molecule has 4 unspecified atom stereocenters. The number of aliphatic hydroxyl groups excluding tert-OH is 4. The van der Waals surface area contributed by atoms with Crippen LogP contribution in [0.5, 0.6) is 0 Å². The van der Waals surface area contributed by atoms with Gasteiger partial charge in [-0.05, 0) is 114 Å². The first kappa shape index (κ1) is 25.5. The second-order valence-corrected chi connectivity index (χ2v) is 15.8. The molecule has 4 heteroatoms. The van der Waals surface area contributed by atoms with Gasteiger partial charge < -0.3 is 20.4 Å². The van der Waals surface area contributed by atoms with Crippen molar-refractivity contribution in [1.82, 2.24) is 0 Å². The second kappa shape index (κ2) is 7.45. The fraction of sp³-hybridized carbons (Fsp3) is 1.00. The highest BCUT2D eigenvalue weighted by Gasteiger charge is 2.72. The van der Waals surface area contributed by atoms with E-state index in [2.05, 4.69) is 48.5 Å². The molecule has 4 nitrogen and oxygen atoms in total. The van der Waals surface area contributed by atoms with Crippen molar-refractivity contribution in [3.8, 4) is 0 Å². The lowest BCUT2D eigenvalue weighted by molar-refractivity contribution is -0.290. The van der Waals surface area contributed by atoms with Gasteiger partial charge in [-0.2, -0.15) is 0 Å². The molecule has 0 aromatic heterocycles. The molecule has 11 atom stereocenters. The van der Waals surface area contributed by atoms with E-state index in [0.29, 0.717) is 24.2 Å². The molecule has 4 N–H and O–H groups in total. The van der Waals surface area contributed by atoms with Crippen molar-refractivity contribution in [1.29, 1.82) is 0 Å². The Morgan fingerprint density at radius 1 is 0.706 bits per heavy atom. The van der Waals surface area contributed by atoms with Crippen molar-refractivity contribution in [2.45, 2.75) is 125 Å². The minimum atomic E-state index is -0.700. The molecule has 0 bridgehead atoms. The van der Waals surface area contributed by atoms with Crippen LogP contribution in [-0.2, 0) is 0 Å². The average molecular weight is 477 g/mol. The SMILES string of the molecule is CC1(C)CC[C@]2(CO)CC[C@]3(C)C(C2C1)[C@@H](O)CC1[C@@]2(C)C[C@@H](O)[C@H](O)C(C)(C)C2CC[C@]13C. The molecule has 0 aliphatic heterocycles. The zero-order valence-electron chi connectivity index (χ0n) is 22.9. The Hall–Kier alpha value is -0.160. The Morgan fingerprint density at radius 3 is 2.00 bits per heavy atom. The van der Waals surface area contributed by atoms with Gasteiger partial charge in [-0.25, -0.2) is 0 Å². The first-order valence-electron chi connectivity index (χ1n) is 14.2. The predicted molar refractivity (Wildman–Crippen MR) is 135 cm³/mol. The first-order chi connectivity index (χ1) is 15.6. The Labute approximate surface area is 207 Å². The Morgan fingerprint density at radius 2 is 1.35 bits per heavy atom. The van der Waals surface area contributed by atoms with Crippen LogP contribution < -0.4 is 0 Å². The van der Waals surface area contributed by atoms with Gasteiger partial charge in [-0.1, -0.05) is 48.5 Å². The molecule has 0 spiro atoms. The maximum absolute atomic E-state index is 12.0. The summed E-state index contributed by atoms with van der Waals surface area (Å²) >= 11 is 0. The van der Waals surface area contributed by atoms with E-state index >= 15 is 0 Å². The molecule has 5 saturated carbocycles. The molecular formula is C30H52O4. The largest absolute Gasteiger partial charge is 0.396 e. The highest BCUT2D eigenvalue weighted by molar-refractivity contribution is 5.21.